The van der Waals surface area contributed by atoms with Gasteiger partial charge in [-0.2, -0.15) is 0 Å². The maximum Gasteiger partial charge on any atom is 0.338 e. The van der Waals surface area contributed by atoms with E-state index >= 15 is 18.0 Å². The van der Waals surface area contributed by atoms with Gasteiger partial charge in [0.15, 0.2) is 21.9 Å². The van der Waals surface area contributed by atoms with Crippen LogP contribution in [0.4, 0.5) is 0 Å². The summed E-state index contributed by atoms with van der Waals surface area (Å²) in [4.78, 5) is 44.8. The number of hydrogen-bond donors (Lipinski definition) is 0. The van der Waals surface area contributed by atoms with Crippen molar-refractivity contribution in [2.24, 2.45) is 23.7 Å². The Labute approximate surface area is 645 Å². The van der Waals surface area contributed by atoms with Crippen LogP contribution in [0.5, 0.6) is 0 Å². The highest BCUT2D eigenvalue weighted by molar-refractivity contribution is 7.92. The zero-order valence-electron chi connectivity index (χ0n) is 65.8. The number of carbonyl (C=O) groups is 3. The Bertz CT molecular complexity index is 4050. The molecule has 580 valence electrons. The average Bonchev–Trinajstić information content (AvgIpc) is 1.46. The predicted octanol–water partition coefficient (Wildman–Crippen LogP) is 15.1. The molecule has 3 unspecified atom stereocenters. The zero-order chi connectivity index (χ0) is 77.3. The largest absolute Gasteiger partial charge is 0.462 e. The molecule has 6 aromatic rings. The Hall–Kier alpha value is -6.59. The molecule has 0 aromatic heterocycles. The summed E-state index contributed by atoms with van der Waals surface area (Å²) in [6.45, 7) is 32.4. The molecule has 108 heavy (non-hydrogen) atoms. The van der Waals surface area contributed by atoms with Gasteiger partial charge in [0.2, 0.25) is 0 Å². The van der Waals surface area contributed by atoms with Crippen molar-refractivity contribution < 1.29 is 69.5 Å². The molecule has 6 aromatic carbocycles. The van der Waals surface area contributed by atoms with Gasteiger partial charge < -0.3 is 46.7 Å². The number of sulfone groups is 1. The highest BCUT2D eigenvalue weighted by Crippen LogP contribution is 2.53. The van der Waals surface area contributed by atoms with E-state index < -0.39 is 108 Å². The molecule has 5 fully saturated rings. The van der Waals surface area contributed by atoms with Gasteiger partial charge in [-0.25, -0.2) is 13.2 Å². The molecule has 0 N–H and O–H groups in total. The van der Waals surface area contributed by atoms with Gasteiger partial charge in [-0.3, -0.25) is 9.59 Å². The van der Waals surface area contributed by atoms with E-state index in [1.807, 2.05) is 80.6 Å². The molecule has 5 aliphatic rings. The van der Waals surface area contributed by atoms with E-state index in [1.165, 1.54) is 0 Å². The second-order valence-electron chi connectivity index (χ2n) is 33.5. The number of carbonyl (C=O) groups excluding carboxylic acids is 3. The molecule has 0 amide bonds. The Morgan fingerprint density at radius 1 is 0.630 bits per heavy atom. The van der Waals surface area contributed by atoms with Gasteiger partial charge in [-0.05, 0) is 155 Å². The van der Waals surface area contributed by atoms with Crippen molar-refractivity contribution in [2.45, 2.75) is 252 Å². The van der Waals surface area contributed by atoms with Gasteiger partial charge in [0.1, 0.15) is 41.1 Å². The van der Waals surface area contributed by atoms with Crippen molar-refractivity contribution in [2.75, 3.05) is 20.8 Å². The molecule has 0 bridgehead atoms. The molecular weight excluding hydrogens is 1410 g/mol. The van der Waals surface area contributed by atoms with E-state index in [1.54, 1.807) is 56.7 Å². The monoisotopic (exact) mass is 1520 g/mol. The average molecular weight is 1530 g/mol. The fraction of sp³-hybridized carbons (Fsp3) is 0.511. The van der Waals surface area contributed by atoms with Crippen molar-refractivity contribution in [1.82, 2.24) is 0 Å². The highest BCUT2D eigenvalue weighted by Gasteiger charge is 2.70. The van der Waals surface area contributed by atoms with E-state index in [4.69, 9.17) is 46.7 Å². The van der Waals surface area contributed by atoms with E-state index in [0.717, 1.165) is 44.7 Å². The minimum Gasteiger partial charge on any atom is -0.462 e. The molecule has 15 nitrogen and oxygen atoms in total. The molecule has 18 heteroatoms. The molecule has 0 saturated carbocycles. The number of ether oxygens (including phenoxy) is 8. The van der Waals surface area contributed by atoms with Crippen molar-refractivity contribution in [3.8, 4) is 0 Å². The minimum absolute atomic E-state index is 0.0192. The summed E-state index contributed by atoms with van der Waals surface area (Å²) < 4.78 is 103. The first-order valence-corrected chi connectivity index (χ1v) is 44.4. The number of esters is 1. The Morgan fingerprint density at radius 3 is 1.69 bits per heavy atom. The number of methoxy groups -OCH3 is 2. The van der Waals surface area contributed by atoms with Gasteiger partial charge in [-0.15, -0.1) is 5.73 Å². The summed E-state index contributed by atoms with van der Waals surface area (Å²) in [5.74, 6) is -0.865. The molecule has 5 heterocycles. The zero-order valence-corrected chi connectivity index (χ0v) is 68.6. The van der Waals surface area contributed by atoms with E-state index in [-0.39, 0.29) is 85.0 Å². The third-order valence-electron chi connectivity index (χ3n) is 23.7. The molecule has 0 aliphatic carbocycles. The second-order valence-corrected chi connectivity index (χ2v) is 44.1. The summed E-state index contributed by atoms with van der Waals surface area (Å²) in [5.41, 5.74) is 4.06. The van der Waals surface area contributed by atoms with Crippen LogP contribution in [0.15, 0.2) is 217 Å². The lowest BCUT2D eigenvalue weighted by molar-refractivity contribution is -0.285. The van der Waals surface area contributed by atoms with Crippen molar-refractivity contribution in [1.29, 1.82) is 0 Å². The number of fused-ring (bicyclic) bond motifs is 2. The number of hydrogen-bond acceptors (Lipinski definition) is 15. The lowest BCUT2D eigenvalue weighted by Gasteiger charge is -2.56. The first kappa shape index (κ1) is 82.4. The van der Waals surface area contributed by atoms with Crippen LogP contribution in [0, 0.1) is 23.7 Å². The lowest BCUT2D eigenvalue weighted by atomic mass is 9.79. The fourth-order valence-corrected chi connectivity index (χ4v) is 29.3. The Balaban J connectivity index is 0.986. The number of Topliss-reactive ketones (excluding diaryl/α,β-unsaturated/α-hetero) is 2. The van der Waals surface area contributed by atoms with E-state index in [2.05, 4.69) is 154 Å². The van der Waals surface area contributed by atoms with Gasteiger partial charge in [0, 0.05) is 39.9 Å². The summed E-state index contributed by atoms with van der Waals surface area (Å²) in [6.07, 6.45) is -3.72. The highest BCUT2D eigenvalue weighted by atomic mass is 32.2. The number of allylic oxidation sites excluding steroid dienone is 1. The first-order valence-electron chi connectivity index (χ1n) is 39.1. The Kier molecular flexibility index (Phi) is 27.0. The van der Waals surface area contributed by atoms with Gasteiger partial charge in [0.25, 0.3) is 16.6 Å². The van der Waals surface area contributed by atoms with Crippen LogP contribution in [-0.4, -0.2) is 148 Å². The second kappa shape index (κ2) is 35.4. The quantitative estimate of drug-likeness (QED) is 0.0125. The third-order valence-corrected chi connectivity index (χ3v) is 35.9. The standard InChI is InChI=1S/C90H116O15SSi2/c1-16-60(2)51-61(3)47-49-76-63(5)53-68(99-76)56-81(106(94,95)69-37-25-18-26-38-69)75(92)57-80-85(105-108(89(10,11)12,72-43-31-21-32-44-72)73-45-33-22-34-46-73)90(13)86(102-80)84(104-107(88(7,8)9,70-39-27-19-28-40-70)71-41-29-20-30-42-71)83-77(103-90)50-48-67(100-83)54-66(91)55-74-64(6)78(101-79(74)58-82(96-14)97-15)52-62(4)59-98-87(93)65-35-23-17-24-36-65/h17-46,61-62,64,67-68,74,76-86H,1,5,47-59H2,2-4,6-15H3/t61-,62-,64+,67+,68?,74?,76-,77-,78+,79-,80+,81?,83-,84-,85-,86-,90-/m0/s1. The number of ketones is 2. The van der Waals surface area contributed by atoms with Crippen molar-refractivity contribution >= 4 is 64.8 Å². The van der Waals surface area contributed by atoms with Crippen molar-refractivity contribution in [3.05, 3.63) is 218 Å². The summed E-state index contributed by atoms with van der Waals surface area (Å²) >= 11 is 0. The SMILES string of the molecule is C=C=C(C)C[C@@H](C)CC[C@@H]1OC(CC(C(=O)C[C@H]2O[C@H]3[C@@H](O[Si](c4ccccc4)(c4ccccc4)C(C)(C)C)[C@H]4O[C@@H](CC(=O)CC5[C@H](CC(OC)OC)O[C@H](C[C@H](C)COC(=O)c6ccccc6)[C@@H]5C)CC[C@@H]4O[C@@]3(C)[C@H]2O[Si](c2ccccc2)(c2ccccc2)C(C)(C)C)S(=O)(=O)c2ccccc2)CC1=C. The first-order chi connectivity index (χ1) is 51.5. The smallest absolute Gasteiger partial charge is 0.338 e. The molecule has 5 aliphatic heterocycles. The molecule has 11 rings (SSSR count). The van der Waals surface area contributed by atoms with Crippen LogP contribution in [-0.2, 0) is 66.2 Å². The predicted molar refractivity (Wildman–Crippen MR) is 429 cm³/mol. The van der Waals surface area contributed by atoms with Gasteiger partial charge >= 0.3 is 5.97 Å². The van der Waals surface area contributed by atoms with Gasteiger partial charge in [0.05, 0.1) is 59.8 Å². The van der Waals surface area contributed by atoms with Crippen LogP contribution in [0.2, 0.25) is 10.1 Å². The van der Waals surface area contributed by atoms with Crippen LogP contribution in [0.3, 0.4) is 0 Å². The summed E-state index contributed by atoms with van der Waals surface area (Å²) in [5, 5.41) is 1.35. The van der Waals surface area contributed by atoms with Crippen LogP contribution in [0.1, 0.15) is 164 Å². The molecule has 5 saturated heterocycles. The third kappa shape index (κ3) is 18.0. The summed E-state index contributed by atoms with van der Waals surface area (Å²) in [7, 11) is -8.43. The van der Waals surface area contributed by atoms with Crippen LogP contribution in [0.25, 0.3) is 0 Å². The minimum atomic E-state index is -4.39. The maximum absolute atomic E-state index is 16.4. The lowest BCUT2D eigenvalue weighted by Crippen LogP contribution is -2.75. The fourth-order valence-electron chi connectivity index (χ4n) is 18.1. The maximum atomic E-state index is 16.4. The Morgan fingerprint density at radius 2 is 1.16 bits per heavy atom. The normalized spacial score (nSPS) is 26.9. The molecule has 0 radical (unpaired) electrons. The van der Waals surface area contributed by atoms with Gasteiger partial charge in [-0.1, -0.05) is 233 Å². The van der Waals surface area contributed by atoms with Crippen molar-refractivity contribution in [3.63, 3.8) is 0 Å². The molecule has 17 atom stereocenters. The van der Waals surface area contributed by atoms with E-state index in [0.29, 0.717) is 50.0 Å². The molecular formula is C90H116O15SSi2. The van der Waals surface area contributed by atoms with E-state index in [9.17, 15) is 4.79 Å². The summed E-state index contributed by atoms with van der Waals surface area (Å²) in [6, 6.07) is 58.8. The van der Waals surface area contributed by atoms with Crippen LogP contribution < -0.4 is 20.7 Å². The van der Waals surface area contributed by atoms with Crippen LogP contribution >= 0.6 is 0 Å². The molecule has 0 spiro atoms. The topological polar surface area (TPSA) is 178 Å². The number of benzene rings is 6. The number of rotatable bonds is 33.